The third kappa shape index (κ3) is 4.50. The summed E-state index contributed by atoms with van der Waals surface area (Å²) >= 11 is 0. The van der Waals surface area contributed by atoms with Gasteiger partial charge >= 0.3 is 0 Å². The van der Waals surface area contributed by atoms with E-state index < -0.39 is 0 Å². The molecule has 1 aliphatic heterocycles. The van der Waals surface area contributed by atoms with Crippen molar-refractivity contribution in [2.75, 3.05) is 25.1 Å². The van der Waals surface area contributed by atoms with Crippen molar-refractivity contribution in [3.63, 3.8) is 0 Å². The van der Waals surface area contributed by atoms with Crippen molar-refractivity contribution >= 4 is 11.6 Å². The van der Waals surface area contributed by atoms with Crippen LogP contribution in [0.4, 0.5) is 5.69 Å². The second-order valence-corrected chi connectivity index (χ2v) is 8.13. The van der Waals surface area contributed by atoms with E-state index in [9.17, 15) is 4.79 Å². The van der Waals surface area contributed by atoms with Gasteiger partial charge in [0.05, 0.1) is 25.0 Å². The molecule has 154 valence electrons. The number of hydrogen-bond donors (Lipinski definition) is 1. The fourth-order valence-corrected chi connectivity index (χ4v) is 3.99. The van der Waals surface area contributed by atoms with E-state index in [2.05, 4.69) is 34.0 Å². The molecule has 3 heterocycles. The average Bonchev–Trinajstić information content (AvgIpc) is 3.46. The Kier molecular flexibility index (Phi) is 5.41. The molecule has 1 N–H and O–H groups in total. The number of carbonyl (C=O) groups is 1. The zero-order chi connectivity index (χ0) is 20.4. The molecular weight excluding hydrogens is 368 g/mol. The standard InChI is InChI=1S/C22H28N4O3/c1-15-13-26(14-16(2)29-15)17-6-10-24-18(11-17)21(27)25-22(7-8-22)12-19-20(28-3)5-4-9-23-19/h4-6,9-11,15-16H,7-8,12-14H2,1-3H3,(H,25,27)/t15-,16+. The lowest BCUT2D eigenvalue weighted by Crippen LogP contribution is -2.45. The van der Waals surface area contributed by atoms with Gasteiger partial charge in [-0.05, 0) is 51.0 Å². The molecule has 2 aliphatic rings. The third-order valence-electron chi connectivity index (χ3n) is 5.57. The van der Waals surface area contributed by atoms with E-state index >= 15 is 0 Å². The summed E-state index contributed by atoms with van der Waals surface area (Å²) in [7, 11) is 1.64. The first-order valence-corrected chi connectivity index (χ1v) is 10.1. The number of nitrogens with one attached hydrogen (secondary N) is 1. The minimum Gasteiger partial charge on any atom is -0.495 e. The van der Waals surface area contributed by atoms with E-state index in [0.717, 1.165) is 43.1 Å². The van der Waals surface area contributed by atoms with Crippen LogP contribution >= 0.6 is 0 Å². The van der Waals surface area contributed by atoms with E-state index in [1.165, 1.54) is 0 Å². The number of amides is 1. The fourth-order valence-electron chi connectivity index (χ4n) is 3.99. The number of anilines is 1. The molecule has 0 bridgehead atoms. The zero-order valence-corrected chi connectivity index (χ0v) is 17.2. The predicted molar refractivity (Wildman–Crippen MR) is 110 cm³/mol. The Bertz CT molecular complexity index is 874. The molecule has 2 aromatic heterocycles. The number of ether oxygens (including phenoxy) is 2. The quantitative estimate of drug-likeness (QED) is 0.809. The van der Waals surface area contributed by atoms with Crippen LogP contribution in [0, 0.1) is 0 Å². The Labute approximate surface area is 171 Å². The molecule has 1 saturated carbocycles. The van der Waals surface area contributed by atoms with Gasteiger partial charge < -0.3 is 19.7 Å². The van der Waals surface area contributed by atoms with Crippen molar-refractivity contribution in [2.24, 2.45) is 0 Å². The number of methoxy groups -OCH3 is 1. The van der Waals surface area contributed by atoms with Crippen LogP contribution in [-0.2, 0) is 11.2 Å². The number of pyridine rings is 2. The monoisotopic (exact) mass is 396 g/mol. The van der Waals surface area contributed by atoms with Crippen molar-refractivity contribution in [1.29, 1.82) is 0 Å². The minimum absolute atomic E-state index is 0.145. The number of morpholine rings is 1. The second-order valence-electron chi connectivity index (χ2n) is 8.13. The number of hydrogen-bond acceptors (Lipinski definition) is 6. The predicted octanol–water partition coefficient (Wildman–Crippen LogP) is 2.60. The summed E-state index contributed by atoms with van der Waals surface area (Å²) in [6, 6.07) is 7.57. The maximum Gasteiger partial charge on any atom is 0.270 e. The zero-order valence-electron chi connectivity index (χ0n) is 17.2. The molecule has 1 aliphatic carbocycles. The van der Waals surface area contributed by atoms with Crippen LogP contribution in [0.3, 0.4) is 0 Å². The number of aromatic nitrogens is 2. The van der Waals surface area contributed by atoms with Gasteiger partial charge in [0.15, 0.2) is 0 Å². The lowest BCUT2D eigenvalue weighted by Gasteiger charge is -2.36. The second kappa shape index (κ2) is 7.99. The van der Waals surface area contributed by atoms with Gasteiger partial charge in [-0.2, -0.15) is 0 Å². The van der Waals surface area contributed by atoms with Gasteiger partial charge in [0.1, 0.15) is 11.4 Å². The summed E-state index contributed by atoms with van der Waals surface area (Å²) in [5.41, 5.74) is 2.04. The van der Waals surface area contributed by atoms with Crippen LogP contribution < -0.4 is 15.0 Å². The molecule has 2 aromatic rings. The van der Waals surface area contributed by atoms with E-state index in [4.69, 9.17) is 9.47 Å². The number of nitrogens with zero attached hydrogens (tertiary/aromatic N) is 3. The van der Waals surface area contributed by atoms with Crippen LogP contribution in [0.2, 0.25) is 0 Å². The Hall–Kier alpha value is -2.67. The number of rotatable bonds is 6. The molecule has 0 radical (unpaired) electrons. The maximum atomic E-state index is 12.9. The first-order chi connectivity index (χ1) is 14.0. The van der Waals surface area contributed by atoms with Crippen molar-refractivity contribution in [3.05, 3.63) is 48.0 Å². The summed E-state index contributed by atoms with van der Waals surface area (Å²) in [5.74, 6) is 0.609. The van der Waals surface area contributed by atoms with Crippen molar-refractivity contribution < 1.29 is 14.3 Å². The van der Waals surface area contributed by atoms with Crippen LogP contribution in [0.15, 0.2) is 36.7 Å². The van der Waals surface area contributed by atoms with E-state index in [0.29, 0.717) is 12.1 Å². The van der Waals surface area contributed by atoms with Crippen molar-refractivity contribution in [2.45, 2.75) is 50.9 Å². The molecule has 1 amide bonds. The minimum atomic E-state index is -0.265. The van der Waals surface area contributed by atoms with Crippen molar-refractivity contribution in [1.82, 2.24) is 15.3 Å². The molecule has 0 unspecified atom stereocenters. The normalized spacial score (nSPS) is 22.8. The van der Waals surface area contributed by atoms with Crippen LogP contribution in [0.1, 0.15) is 42.9 Å². The average molecular weight is 396 g/mol. The lowest BCUT2D eigenvalue weighted by molar-refractivity contribution is -0.00522. The van der Waals surface area contributed by atoms with Gasteiger partial charge in [-0.25, -0.2) is 0 Å². The van der Waals surface area contributed by atoms with Gasteiger partial charge in [-0.1, -0.05) is 0 Å². The van der Waals surface area contributed by atoms with Gasteiger partial charge in [-0.3, -0.25) is 14.8 Å². The van der Waals surface area contributed by atoms with Crippen LogP contribution in [-0.4, -0.2) is 53.8 Å². The highest BCUT2D eigenvalue weighted by Crippen LogP contribution is 2.40. The van der Waals surface area contributed by atoms with Crippen LogP contribution in [0.25, 0.3) is 0 Å². The molecule has 2 atom stereocenters. The fraction of sp³-hybridized carbons (Fsp3) is 0.500. The topological polar surface area (TPSA) is 76.6 Å². The summed E-state index contributed by atoms with van der Waals surface area (Å²) < 4.78 is 11.2. The molecular formula is C22H28N4O3. The molecule has 0 spiro atoms. The highest BCUT2D eigenvalue weighted by Gasteiger charge is 2.45. The lowest BCUT2D eigenvalue weighted by atomic mass is 10.1. The summed E-state index contributed by atoms with van der Waals surface area (Å²) in [5, 5.41) is 3.19. The smallest absolute Gasteiger partial charge is 0.270 e. The molecule has 29 heavy (non-hydrogen) atoms. The summed E-state index contributed by atoms with van der Waals surface area (Å²) in [6.45, 7) is 5.75. The first kappa shape index (κ1) is 19.6. The number of carbonyl (C=O) groups excluding carboxylic acids is 1. The van der Waals surface area contributed by atoms with Crippen molar-refractivity contribution in [3.8, 4) is 5.75 Å². The summed E-state index contributed by atoms with van der Waals surface area (Å²) in [4.78, 5) is 23.9. The summed E-state index contributed by atoms with van der Waals surface area (Å²) in [6.07, 6.45) is 6.29. The molecule has 4 rings (SSSR count). The first-order valence-electron chi connectivity index (χ1n) is 10.1. The van der Waals surface area contributed by atoms with Gasteiger partial charge in [0, 0.05) is 43.1 Å². The third-order valence-corrected chi connectivity index (χ3v) is 5.57. The Morgan fingerprint density at radius 1 is 1.24 bits per heavy atom. The van der Waals surface area contributed by atoms with Gasteiger partial charge in [-0.15, -0.1) is 0 Å². The molecule has 7 heteroatoms. The molecule has 1 saturated heterocycles. The molecule has 2 fully saturated rings. The molecule has 7 nitrogen and oxygen atoms in total. The van der Waals surface area contributed by atoms with E-state index in [-0.39, 0.29) is 23.7 Å². The van der Waals surface area contributed by atoms with Gasteiger partial charge in [0.2, 0.25) is 0 Å². The van der Waals surface area contributed by atoms with E-state index in [1.54, 1.807) is 19.5 Å². The van der Waals surface area contributed by atoms with Gasteiger partial charge in [0.25, 0.3) is 5.91 Å². The van der Waals surface area contributed by atoms with Crippen LogP contribution in [0.5, 0.6) is 5.75 Å². The Morgan fingerprint density at radius 2 is 2.00 bits per heavy atom. The van der Waals surface area contributed by atoms with E-state index in [1.807, 2.05) is 24.3 Å². The SMILES string of the molecule is COc1cccnc1CC1(NC(=O)c2cc(N3C[C@@H](C)O[C@@H](C)C3)ccn2)CC1. The largest absolute Gasteiger partial charge is 0.495 e. The maximum absolute atomic E-state index is 12.9. The molecule has 0 aromatic carbocycles. The highest BCUT2D eigenvalue weighted by molar-refractivity contribution is 5.94. The Morgan fingerprint density at radius 3 is 2.69 bits per heavy atom. The Balaban J connectivity index is 1.46. The highest BCUT2D eigenvalue weighted by atomic mass is 16.5.